The van der Waals surface area contributed by atoms with Gasteiger partial charge in [-0.05, 0) is 18.2 Å². The molecule has 4 heterocycles. The molecule has 2 aliphatic rings. The first-order valence-corrected chi connectivity index (χ1v) is 9.23. The van der Waals surface area contributed by atoms with Gasteiger partial charge in [-0.1, -0.05) is 0 Å². The summed E-state index contributed by atoms with van der Waals surface area (Å²) in [6.45, 7) is 0.0435. The highest BCUT2D eigenvalue weighted by Gasteiger charge is 2.54. The Morgan fingerprint density at radius 1 is 1.23 bits per heavy atom. The normalized spacial score (nSPS) is 16.5. The van der Waals surface area contributed by atoms with Crippen molar-refractivity contribution < 1.29 is 27.8 Å². The molecule has 1 amide bonds. The number of amides is 1. The van der Waals surface area contributed by atoms with Crippen molar-refractivity contribution in [2.24, 2.45) is 0 Å². The lowest BCUT2D eigenvalue weighted by Gasteiger charge is -2.51. The Hall–Kier alpha value is -3.86. The SMILES string of the molecule is Nc1nccc(CN2C(=O)Oc3cc(Oc4cccnn4)c(F)cc3C23COC3)c1F. The van der Waals surface area contributed by atoms with Gasteiger partial charge in [0.25, 0.3) is 0 Å². The molecule has 2 N–H and O–H groups in total. The average molecular weight is 427 g/mol. The van der Waals surface area contributed by atoms with Gasteiger partial charge in [-0.2, -0.15) is 5.10 Å². The Bertz CT molecular complexity index is 1170. The molecule has 2 aliphatic heterocycles. The summed E-state index contributed by atoms with van der Waals surface area (Å²) in [6, 6.07) is 7.01. The number of nitrogens with zero attached hydrogens (tertiary/aromatic N) is 4. The molecule has 31 heavy (non-hydrogen) atoms. The Labute approximate surface area is 174 Å². The predicted molar refractivity (Wildman–Crippen MR) is 101 cm³/mol. The van der Waals surface area contributed by atoms with Crippen molar-refractivity contribution >= 4 is 11.9 Å². The molecule has 11 heteroatoms. The highest BCUT2D eigenvalue weighted by atomic mass is 19.1. The minimum absolute atomic E-state index is 0.0811. The maximum absolute atomic E-state index is 14.9. The zero-order chi connectivity index (χ0) is 21.6. The summed E-state index contributed by atoms with van der Waals surface area (Å²) in [6.07, 6.45) is 2.06. The van der Waals surface area contributed by atoms with E-state index in [1.165, 1.54) is 41.6 Å². The van der Waals surface area contributed by atoms with Crippen LogP contribution >= 0.6 is 0 Å². The van der Waals surface area contributed by atoms with E-state index in [4.69, 9.17) is 19.9 Å². The van der Waals surface area contributed by atoms with Gasteiger partial charge < -0.3 is 19.9 Å². The maximum atomic E-state index is 14.9. The molecule has 1 fully saturated rings. The number of benzene rings is 1. The molecule has 3 aromatic rings. The third-order valence-electron chi connectivity index (χ3n) is 5.24. The number of pyridine rings is 1. The van der Waals surface area contributed by atoms with Gasteiger partial charge in [0.15, 0.2) is 23.2 Å². The number of hydrogen-bond acceptors (Lipinski definition) is 8. The molecule has 9 nitrogen and oxygen atoms in total. The molecule has 0 unspecified atom stereocenters. The number of rotatable bonds is 4. The fraction of sp³-hybridized carbons (Fsp3) is 0.200. The number of fused-ring (bicyclic) bond motifs is 2. The molecule has 1 spiro atoms. The fourth-order valence-electron chi connectivity index (χ4n) is 3.60. The van der Waals surface area contributed by atoms with Gasteiger partial charge in [0.2, 0.25) is 5.88 Å². The summed E-state index contributed by atoms with van der Waals surface area (Å²) in [5.41, 5.74) is 5.07. The van der Waals surface area contributed by atoms with Crippen molar-refractivity contribution in [1.82, 2.24) is 20.1 Å². The van der Waals surface area contributed by atoms with E-state index in [-0.39, 0.29) is 48.5 Å². The Morgan fingerprint density at radius 3 is 2.77 bits per heavy atom. The van der Waals surface area contributed by atoms with Crippen LogP contribution in [0, 0.1) is 11.6 Å². The predicted octanol–water partition coefficient (Wildman–Crippen LogP) is 2.76. The van der Waals surface area contributed by atoms with Crippen molar-refractivity contribution in [2.45, 2.75) is 12.1 Å². The molecule has 0 radical (unpaired) electrons. The molecule has 1 aromatic carbocycles. The van der Waals surface area contributed by atoms with E-state index in [1.54, 1.807) is 6.07 Å². The van der Waals surface area contributed by atoms with Crippen molar-refractivity contribution in [3.8, 4) is 17.4 Å². The summed E-state index contributed by atoms with van der Waals surface area (Å²) in [4.78, 5) is 17.8. The van der Waals surface area contributed by atoms with Crippen molar-refractivity contribution in [2.75, 3.05) is 18.9 Å². The van der Waals surface area contributed by atoms with E-state index in [1.807, 2.05) is 0 Å². The molecule has 0 bridgehead atoms. The second-order valence-corrected chi connectivity index (χ2v) is 7.09. The van der Waals surface area contributed by atoms with E-state index in [0.29, 0.717) is 5.56 Å². The fourth-order valence-corrected chi connectivity index (χ4v) is 3.60. The number of carbonyl (C=O) groups is 1. The highest BCUT2D eigenvalue weighted by Crippen LogP contribution is 2.47. The Balaban J connectivity index is 1.52. The quantitative estimate of drug-likeness (QED) is 0.676. The summed E-state index contributed by atoms with van der Waals surface area (Å²) < 4.78 is 45.5. The minimum Gasteiger partial charge on any atom is -0.434 e. The number of nitrogen functional groups attached to an aromatic ring is 1. The van der Waals surface area contributed by atoms with Crippen LogP contribution < -0.4 is 15.2 Å². The molecule has 0 saturated carbocycles. The molecular formula is C20H15F2N5O4. The summed E-state index contributed by atoms with van der Waals surface area (Å²) in [5.74, 6) is -1.66. The van der Waals surface area contributed by atoms with E-state index < -0.39 is 23.3 Å². The van der Waals surface area contributed by atoms with Gasteiger partial charge in [-0.25, -0.2) is 18.6 Å². The number of ether oxygens (including phenoxy) is 3. The van der Waals surface area contributed by atoms with Crippen LogP contribution in [0.2, 0.25) is 0 Å². The third kappa shape index (κ3) is 3.10. The third-order valence-corrected chi connectivity index (χ3v) is 5.24. The highest BCUT2D eigenvalue weighted by molar-refractivity contribution is 5.76. The molecular weight excluding hydrogens is 412 g/mol. The maximum Gasteiger partial charge on any atom is 0.416 e. The number of carbonyl (C=O) groups excluding carboxylic acids is 1. The summed E-state index contributed by atoms with van der Waals surface area (Å²) in [5, 5.41) is 7.42. The number of halogens is 2. The van der Waals surface area contributed by atoms with E-state index in [2.05, 4.69) is 15.2 Å². The lowest BCUT2D eigenvalue weighted by Crippen LogP contribution is -2.63. The van der Waals surface area contributed by atoms with Gasteiger partial charge in [-0.15, -0.1) is 5.10 Å². The largest absolute Gasteiger partial charge is 0.434 e. The number of hydrogen-bond donors (Lipinski definition) is 1. The Kier molecular flexibility index (Phi) is 4.40. The van der Waals surface area contributed by atoms with Crippen LogP contribution in [-0.2, 0) is 16.8 Å². The number of nitrogens with two attached hydrogens (primary N) is 1. The average Bonchev–Trinajstić information content (AvgIpc) is 2.72. The van der Waals surface area contributed by atoms with Crippen LogP contribution in [-0.4, -0.2) is 39.4 Å². The van der Waals surface area contributed by atoms with E-state index in [9.17, 15) is 13.6 Å². The topological polar surface area (TPSA) is 113 Å². The smallest absolute Gasteiger partial charge is 0.416 e. The van der Waals surface area contributed by atoms with Crippen LogP contribution in [0.15, 0.2) is 42.7 Å². The van der Waals surface area contributed by atoms with Gasteiger partial charge in [0.05, 0.1) is 19.8 Å². The van der Waals surface area contributed by atoms with Crippen molar-refractivity contribution in [1.29, 1.82) is 0 Å². The Morgan fingerprint density at radius 2 is 2.06 bits per heavy atom. The standard InChI is InChI=1S/C20H15F2N5O4/c21-13-6-12-14(7-15(13)30-16-2-1-4-25-26-16)31-19(28)27(20(12)9-29-10-20)8-11-3-5-24-18(23)17(11)22/h1-7H,8-10H2,(H2,23,24). The molecule has 158 valence electrons. The molecule has 1 saturated heterocycles. The molecule has 0 aliphatic carbocycles. The van der Waals surface area contributed by atoms with Crippen LogP contribution in [0.5, 0.6) is 17.4 Å². The van der Waals surface area contributed by atoms with Crippen LogP contribution in [0.1, 0.15) is 11.1 Å². The van der Waals surface area contributed by atoms with Crippen LogP contribution in [0.25, 0.3) is 0 Å². The van der Waals surface area contributed by atoms with E-state index >= 15 is 0 Å². The van der Waals surface area contributed by atoms with Gasteiger partial charge in [0.1, 0.15) is 11.3 Å². The van der Waals surface area contributed by atoms with Gasteiger partial charge in [-0.3, -0.25) is 4.90 Å². The van der Waals surface area contributed by atoms with Crippen molar-refractivity contribution in [3.05, 3.63) is 65.5 Å². The first-order valence-electron chi connectivity index (χ1n) is 9.23. The zero-order valence-electron chi connectivity index (χ0n) is 15.9. The molecule has 5 rings (SSSR count). The van der Waals surface area contributed by atoms with Crippen LogP contribution in [0.3, 0.4) is 0 Å². The number of anilines is 1. The second kappa shape index (κ2) is 7.13. The van der Waals surface area contributed by atoms with Gasteiger partial charge >= 0.3 is 6.09 Å². The minimum atomic E-state index is -1.01. The summed E-state index contributed by atoms with van der Waals surface area (Å²) >= 11 is 0. The number of aromatic nitrogens is 3. The second-order valence-electron chi connectivity index (χ2n) is 7.09. The van der Waals surface area contributed by atoms with Crippen LogP contribution in [0.4, 0.5) is 19.4 Å². The van der Waals surface area contributed by atoms with Crippen molar-refractivity contribution in [3.63, 3.8) is 0 Å². The zero-order valence-corrected chi connectivity index (χ0v) is 15.9. The monoisotopic (exact) mass is 427 g/mol. The summed E-state index contributed by atoms with van der Waals surface area (Å²) in [7, 11) is 0. The molecule has 2 aromatic heterocycles. The molecule has 0 atom stereocenters. The van der Waals surface area contributed by atoms with Gasteiger partial charge in [0, 0.05) is 35.7 Å². The lowest BCUT2D eigenvalue weighted by molar-refractivity contribution is -0.143. The lowest BCUT2D eigenvalue weighted by atomic mass is 9.84. The van der Waals surface area contributed by atoms with E-state index in [0.717, 1.165) is 0 Å². The first kappa shape index (κ1) is 19.1. The first-order chi connectivity index (χ1) is 15.0.